The monoisotopic (exact) mass is 323 g/mol. The highest BCUT2D eigenvalue weighted by Gasteiger charge is 2.35. The fourth-order valence-electron chi connectivity index (χ4n) is 2.36. The summed E-state index contributed by atoms with van der Waals surface area (Å²) in [6.45, 7) is 0.512. The number of halogens is 3. The second kappa shape index (κ2) is 5.90. The molecular weight excluding hydrogens is 307 g/mol. The van der Waals surface area contributed by atoms with Crippen LogP contribution in [-0.2, 0) is 16.2 Å². The summed E-state index contributed by atoms with van der Waals surface area (Å²) in [5.74, 6) is 0. The number of rotatable bonds is 3. The van der Waals surface area contributed by atoms with Crippen LogP contribution in [0.25, 0.3) is 0 Å². The number of hydrogen-bond acceptors (Lipinski definition) is 4. The predicted octanol–water partition coefficient (Wildman–Crippen LogP) is 1.60. The average Bonchev–Trinajstić information content (AvgIpc) is 2.46. The fourth-order valence-corrected chi connectivity index (χ4v) is 4.01. The van der Waals surface area contributed by atoms with Crippen LogP contribution in [0, 0.1) is 0 Å². The lowest BCUT2D eigenvalue weighted by atomic mass is 10.1. The number of piperidine rings is 1. The Bertz CT molecular complexity index is 587. The first kappa shape index (κ1) is 16.2. The van der Waals surface area contributed by atoms with Crippen molar-refractivity contribution in [2.45, 2.75) is 36.4 Å². The van der Waals surface area contributed by atoms with Crippen molar-refractivity contribution in [1.29, 1.82) is 0 Å². The summed E-state index contributed by atoms with van der Waals surface area (Å²) in [7, 11) is -3.86. The van der Waals surface area contributed by atoms with Gasteiger partial charge in [0.15, 0.2) is 0 Å². The largest absolute Gasteiger partial charge is 0.433 e. The van der Waals surface area contributed by atoms with Gasteiger partial charge in [0.05, 0.1) is 0 Å². The summed E-state index contributed by atoms with van der Waals surface area (Å²) in [5, 5.41) is 0. The van der Waals surface area contributed by atoms with E-state index in [-0.39, 0.29) is 17.5 Å². The van der Waals surface area contributed by atoms with Crippen molar-refractivity contribution in [3.8, 4) is 0 Å². The van der Waals surface area contributed by atoms with E-state index >= 15 is 0 Å². The normalized spacial score (nSPS) is 21.4. The molecule has 2 rings (SSSR count). The van der Waals surface area contributed by atoms with Crippen molar-refractivity contribution in [2.75, 3.05) is 13.1 Å². The van der Waals surface area contributed by atoms with E-state index in [0.29, 0.717) is 25.5 Å². The van der Waals surface area contributed by atoms with E-state index in [0.717, 1.165) is 18.7 Å². The first-order valence-electron chi connectivity index (χ1n) is 6.52. The molecule has 1 aliphatic heterocycles. The summed E-state index contributed by atoms with van der Waals surface area (Å²) in [6, 6.07) is 1.30. The van der Waals surface area contributed by atoms with E-state index in [4.69, 9.17) is 5.73 Å². The smallest absolute Gasteiger partial charge is 0.329 e. The summed E-state index contributed by atoms with van der Waals surface area (Å²) < 4.78 is 63.5. The summed E-state index contributed by atoms with van der Waals surface area (Å²) in [4.78, 5) is 2.96. The van der Waals surface area contributed by atoms with E-state index in [1.807, 2.05) is 0 Å². The van der Waals surface area contributed by atoms with Crippen LogP contribution < -0.4 is 5.73 Å². The zero-order valence-corrected chi connectivity index (χ0v) is 12.0. The van der Waals surface area contributed by atoms with E-state index in [1.165, 1.54) is 4.31 Å². The minimum absolute atomic E-state index is 0.188. The molecule has 1 aromatic heterocycles. The van der Waals surface area contributed by atoms with Gasteiger partial charge in [0.1, 0.15) is 10.6 Å². The van der Waals surface area contributed by atoms with Crippen molar-refractivity contribution >= 4 is 10.0 Å². The molecule has 2 N–H and O–H groups in total. The molecule has 1 aliphatic rings. The van der Waals surface area contributed by atoms with Gasteiger partial charge in [-0.05, 0) is 25.0 Å². The molecular formula is C12H16F3N3O2S. The SMILES string of the molecule is NCC1CCCCN1S(=O)(=O)c1ccc(C(F)(F)F)nc1. The van der Waals surface area contributed by atoms with Gasteiger partial charge < -0.3 is 5.73 Å². The molecule has 9 heteroatoms. The van der Waals surface area contributed by atoms with Gasteiger partial charge >= 0.3 is 6.18 Å². The van der Waals surface area contributed by atoms with Crippen LogP contribution >= 0.6 is 0 Å². The molecule has 1 fully saturated rings. The highest BCUT2D eigenvalue weighted by molar-refractivity contribution is 7.89. The number of hydrogen-bond donors (Lipinski definition) is 1. The molecule has 0 aliphatic carbocycles. The number of sulfonamides is 1. The summed E-state index contributed by atoms with van der Waals surface area (Å²) in [5.41, 5.74) is 4.46. The Hall–Kier alpha value is -1.19. The number of alkyl halides is 3. The van der Waals surface area contributed by atoms with Crippen molar-refractivity contribution in [1.82, 2.24) is 9.29 Å². The maximum Gasteiger partial charge on any atom is 0.433 e. The van der Waals surface area contributed by atoms with Gasteiger partial charge in [0.2, 0.25) is 10.0 Å². The molecule has 1 unspecified atom stereocenters. The lowest BCUT2D eigenvalue weighted by Crippen LogP contribution is -2.47. The standard InChI is InChI=1S/C12H16F3N3O2S/c13-12(14,15)11-5-4-10(8-17-11)21(19,20)18-6-2-1-3-9(18)7-16/h4-5,8-9H,1-3,6-7,16H2. The van der Waals surface area contributed by atoms with Gasteiger partial charge in [-0.3, -0.25) is 4.98 Å². The van der Waals surface area contributed by atoms with Gasteiger partial charge in [-0.15, -0.1) is 0 Å². The Morgan fingerprint density at radius 2 is 2.05 bits per heavy atom. The van der Waals surface area contributed by atoms with E-state index < -0.39 is 21.9 Å². The first-order valence-corrected chi connectivity index (χ1v) is 7.96. The highest BCUT2D eigenvalue weighted by atomic mass is 32.2. The maximum absolute atomic E-state index is 12.5. The summed E-state index contributed by atoms with van der Waals surface area (Å²) >= 11 is 0. The fraction of sp³-hybridized carbons (Fsp3) is 0.583. The Morgan fingerprint density at radius 1 is 1.33 bits per heavy atom. The molecule has 1 saturated heterocycles. The molecule has 118 valence electrons. The number of pyridine rings is 1. The lowest BCUT2D eigenvalue weighted by Gasteiger charge is -2.33. The van der Waals surface area contributed by atoms with Crippen molar-refractivity contribution < 1.29 is 21.6 Å². The Kier molecular flexibility index (Phi) is 4.54. The van der Waals surface area contributed by atoms with Gasteiger partial charge in [0, 0.05) is 25.3 Å². The Morgan fingerprint density at radius 3 is 2.57 bits per heavy atom. The molecule has 5 nitrogen and oxygen atoms in total. The van der Waals surface area contributed by atoms with Gasteiger partial charge in [-0.1, -0.05) is 6.42 Å². The van der Waals surface area contributed by atoms with E-state index in [9.17, 15) is 21.6 Å². The minimum atomic E-state index is -4.59. The summed E-state index contributed by atoms with van der Waals surface area (Å²) in [6.07, 6.45) is -1.58. The molecule has 0 saturated carbocycles. The van der Waals surface area contributed by atoms with Crippen molar-refractivity contribution in [2.24, 2.45) is 5.73 Å². The molecule has 1 aromatic rings. The number of nitrogens with two attached hydrogens (primary N) is 1. The predicted molar refractivity (Wildman–Crippen MR) is 69.8 cm³/mol. The molecule has 2 heterocycles. The van der Waals surface area contributed by atoms with Gasteiger partial charge in [0.25, 0.3) is 0 Å². The number of aromatic nitrogens is 1. The van der Waals surface area contributed by atoms with Crippen LogP contribution in [0.4, 0.5) is 13.2 Å². The zero-order chi connectivity index (χ0) is 15.7. The topological polar surface area (TPSA) is 76.3 Å². The van der Waals surface area contributed by atoms with E-state index in [2.05, 4.69) is 4.98 Å². The molecule has 0 spiro atoms. The van der Waals surface area contributed by atoms with Crippen LogP contribution in [0.3, 0.4) is 0 Å². The Labute approximate surface area is 121 Å². The van der Waals surface area contributed by atoms with Crippen LogP contribution in [0.15, 0.2) is 23.2 Å². The lowest BCUT2D eigenvalue weighted by molar-refractivity contribution is -0.141. The van der Waals surface area contributed by atoms with Crippen LogP contribution in [-0.4, -0.2) is 36.8 Å². The average molecular weight is 323 g/mol. The van der Waals surface area contributed by atoms with Crippen LogP contribution in [0.5, 0.6) is 0 Å². The van der Waals surface area contributed by atoms with Crippen molar-refractivity contribution in [3.05, 3.63) is 24.0 Å². The zero-order valence-electron chi connectivity index (χ0n) is 11.2. The van der Waals surface area contributed by atoms with Crippen LogP contribution in [0.2, 0.25) is 0 Å². The van der Waals surface area contributed by atoms with E-state index in [1.54, 1.807) is 0 Å². The molecule has 0 radical (unpaired) electrons. The third kappa shape index (κ3) is 3.35. The third-order valence-corrected chi connectivity index (χ3v) is 5.41. The highest BCUT2D eigenvalue weighted by Crippen LogP contribution is 2.29. The molecule has 1 atom stereocenters. The molecule has 0 aromatic carbocycles. The Balaban J connectivity index is 2.31. The van der Waals surface area contributed by atoms with Crippen molar-refractivity contribution in [3.63, 3.8) is 0 Å². The second-order valence-electron chi connectivity index (χ2n) is 4.88. The van der Waals surface area contributed by atoms with Crippen LogP contribution in [0.1, 0.15) is 25.0 Å². The van der Waals surface area contributed by atoms with Gasteiger partial charge in [-0.25, -0.2) is 8.42 Å². The third-order valence-electron chi connectivity index (χ3n) is 3.48. The van der Waals surface area contributed by atoms with Gasteiger partial charge in [-0.2, -0.15) is 17.5 Å². The minimum Gasteiger partial charge on any atom is -0.329 e. The second-order valence-corrected chi connectivity index (χ2v) is 6.77. The number of nitrogens with zero attached hydrogens (tertiary/aromatic N) is 2. The first-order chi connectivity index (χ1) is 9.76. The maximum atomic E-state index is 12.5. The molecule has 21 heavy (non-hydrogen) atoms. The quantitative estimate of drug-likeness (QED) is 0.917. The molecule has 0 bridgehead atoms. The molecule has 0 amide bonds.